The van der Waals surface area contributed by atoms with E-state index in [9.17, 15) is 4.39 Å². The minimum absolute atomic E-state index is 0.0764. The molecular weight excluding hydrogens is 197 g/mol. The zero-order valence-electron chi connectivity index (χ0n) is 8.07. The average Bonchev–Trinajstić information content (AvgIpc) is 2.74. The van der Waals surface area contributed by atoms with Crippen LogP contribution in [0.25, 0.3) is 0 Å². The fourth-order valence-electron chi connectivity index (χ4n) is 1.45. The van der Waals surface area contributed by atoms with Crippen LogP contribution in [0.15, 0.2) is 18.2 Å². The molecule has 1 atom stereocenters. The van der Waals surface area contributed by atoms with Crippen molar-refractivity contribution in [3.05, 3.63) is 29.6 Å². The van der Waals surface area contributed by atoms with E-state index in [1.54, 1.807) is 0 Å². The van der Waals surface area contributed by atoms with Gasteiger partial charge < -0.3 is 9.47 Å². The van der Waals surface area contributed by atoms with Crippen LogP contribution in [0.2, 0.25) is 0 Å². The standard InChI is InChI=1S/C11H10FNO2/c12-10-5-8(6-13)1-2-11(10)15-9-3-4-14-7-9/h1-2,5,9H,3-4,7H2/t9-/m1/s1. The maximum absolute atomic E-state index is 13.4. The van der Waals surface area contributed by atoms with Crippen molar-refractivity contribution in [2.24, 2.45) is 0 Å². The summed E-state index contributed by atoms with van der Waals surface area (Å²) in [4.78, 5) is 0. The van der Waals surface area contributed by atoms with Gasteiger partial charge in [0.05, 0.1) is 24.8 Å². The summed E-state index contributed by atoms with van der Waals surface area (Å²) >= 11 is 0. The molecule has 0 aromatic heterocycles. The fourth-order valence-corrected chi connectivity index (χ4v) is 1.45. The highest BCUT2D eigenvalue weighted by Gasteiger charge is 2.18. The van der Waals surface area contributed by atoms with Gasteiger partial charge in [-0.05, 0) is 18.2 Å². The number of nitriles is 1. The first kappa shape index (κ1) is 9.94. The van der Waals surface area contributed by atoms with Gasteiger partial charge in [0.1, 0.15) is 6.10 Å². The predicted octanol–water partition coefficient (Wildman–Crippen LogP) is 1.87. The van der Waals surface area contributed by atoms with E-state index < -0.39 is 5.82 Å². The zero-order valence-corrected chi connectivity index (χ0v) is 8.07. The molecule has 0 radical (unpaired) electrons. The van der Waals surface area contributed by atoms with E-state index in [-0.39, 0.29) is 11.9 Å². The fraction of sp³-hybridized carbons (Fsp3) is 0.364. The van der Waals surface area contributed by atoms with E-state index >= 15 is 0 Å². The van der Waals surface area contributed by atoms with Crippen LogP contribution < -0.4 is 4.74 Å². The molecule has 1 saturated heterocycles. The first-order valence-electron chi connectivity index (χ1n) is 4.73. The number of hydrogen-bond acceptors (Lipinski definition) is 3. The summed E-state index contributed by atoms with van der Waals surface area (Å²) in [6.45, 7) is 1.15. The zero-order chi connectivity index (χ0) is 10.7. The largest absolute Gasteiger partial charge is 0.485 e. The van der Waals surface area contributed by atoms with Crippen molar-refractivity contribution < 1.29 is 13.9 Å². The first-order chi connectivity index (χ1) is 7.29. The monoisotopic (exact) mass is 207 g/mol. The van der Waals surface area contributed by atoms with Gasteiger partial charge in [0.15, 0.2) is 11.6 Å². The molecule has 1 fully saturated rings. The van der Waals surface area contributed by atoms with E-state index in [1.807, 2.05) is 6.07 Å². The lowest BCUT2D eigenvalue weighted by atomic mass is 10.2. The predicted molar refractivity (Wildman–Crippen MR) is 51.0 cm³/mol. The topological polar surface area (TPSA) is 42.2 Å². The van der Waals surface area contributed by atoms with Crippen LogP contribution in [0.4, 0.5) is 4.39 Å². The van der Waals surface area contributed by atoms with Gasteiger partial charge in [-0.2, -0.15) is 5.26 Å². The SMILES string of the molecule is N#Cc1ccc(O[C@@H]2CCOC2)c(F)c1. The van der Waals surface area contributed by atoms with Gasteiger partial charge in [-0.15, -0.1) is 0 Å². The summed E-state index contributed by atoms with van der Waals surface area (Å²) in [5.41, 5.74) is 0.294. The molecule has 1 aromatic rings. The molecule has 0 N–H and O–H groups in total. The van der Waals surface area contributed by atoms with Crippen molar-refractivity contribution >= 4 is 0 Å². The van der Waals surface area contributed by atoms with Crippen molar-refractivity contribution in [2.45, 2.75) is 12.5 Å². The Morgan fingerprint density at radius 1 is 1.53 bits per heavy atom. The maximum Gasteiger partial charge on any atom is 0.166 e. The first-order valence-corrected chi connectivity index (χ1v) is 4.73. The maximum atomic E-state index is 13.4. The van der Waals surface area contributed by atoms with Crippen molar-refractivity contribution in [3.8, 4) is 11.8 Å². The molecule has 1 aliphatic heterocycles. The molecule has 0 amide bonds. The molecule has 1 aliphatic rings. The van der Waals surface area contributed by atoms with Crippen LogP contribution >= 0.6 is 0 Å². The molecule has 2 rings (SSSR count). The van der Waals surface area contributed by atoms with Crippen molar-refractivity contribution in [3.63, 3.8) is 0 Å². The number of rotatable bonds is 2. The van der Waals surface area contributed by atoms with E-state index in [4.69, 9.17) is 14.7 Å². The highest BCUT2D eigenvalue weighted by atomic mass is 19.1. The molecule has 15 heavy (non-hydrogen) atoms. The van der Waals surface area contributed by atoms with Gasteiger partial charge >= 0.3 is 0 Å². The summed E-state index contributed by atoms with van der Waals surface area (Å²) in [6.07, 6.45) is 0.701. The van der Waals surface area contributed by atoms with Crippen LogP contribution in [0, 0.1) is 17.1 Å². The third-order valence-electron chi connectivity index (χ3n) is 2.24. The molecule has 3 nitrogen and oxygen atoms in total. The molecule has 0 unspecified atom stereocenters. The normalized spacial score (nSPS) is 19.9. The average molecular weight is 207 g/mol. The number of ether oxygens (including phenoxy) is 2. The Bertz CT molecular complexity index is 394. The Kier molecular flexibility index (Phi) is 2.84. The summed E-state index contributed by atoms with van der Waals surface area (Å²) < 4.78 is 23.9. The lowest BCUT2D eigenvalue weighted by molar-refractivity contribution is 0.138. The van der Waals surface area contributed by atoms with Crippen LogP contribution in [0.1, 0.15) is 12.0 Å². The second-order valence-electron chi connectivity index (χ2n) is 3.36. The van der Waals surface area contributed by atoms with Gasteiger partial charge in [0.2, 0.25) is 0 Å². The quantitative estimate of drug-likeness (QED) is 0.743. The van der Waals surface area contributed by atoms with E-state index in [1.165, 1.54) is 18.2 Å². The molecule has 1 heterocycles. The van der Waals surface area contributed by atoms with E-state index in [0.29, 0.717) is 18.8 Å². The summed E-state index contributed by atoms with van der Waals surface area (Å²) in [7, 11) is 0. The number of halogens is 1. The minimum atomic E-state index is -0.499. The Balaban J connectivity index is 2.11. The number of benzene rings is 1. The second-order valence-corrected chi connectivity index (χ2v) is 3.36. The van der Waals surface area contributed by atoms with Gasteiger partial charge in [-0.25, -0.2) is 4.39 Å². The Morgan fingerprint density at radius 2 is 2.40 bits per heavy atom. The minimum Gasteiger partial charge on any atom is -0.485 e. The molecule has 0 saturated carbocycles. The summed E-state index contributed by atoms with van der Waals surface area (Å²) in [5, 5.41) is 8.56. The van der Waals surface area contributed by atoms with Crippen LogP contribution in [0.5, 0.6) is 5.75 Å². The van der Waals surface area contributed by atoms with Crippen molar-refractivity contribution in [2.75, 3.05) is 13.2 Å². The number of hydrogen-bond donors (Lipinski definition) is 0. The Morgan fingerprint density at radius 3 is 3.00 bits per heavy atom. The van der Waals surface area contributed by atoms with E-state index in [2.05, 4.69) is 0 Å². The third kappa shape index (κ3) is 2.25. The van der Waals surface area contributed by atoms with Gasteiger partial charge in [0.25, 0.3) is 0 Å². The van der Waals surface area contributed by atoms with E-state index in [0.717, 1.165) is 6.42 Å². The van der Waals surface area contributed by atoms with Gasteiger partial charge in [-0.3, -0.25) is 0 Å². The lowest BCUT2D eigenvalue weighted by Gasteiger charge is -2.12. The summed E-state index contributed by atoms with van der Waals surface area (Å²) in [5.74, 6) is -0.314. The molecule has 1 aromatic carbocycles. The van der Waals surface area contributed by atoms with Gasteiger partial charge in [-0.1, -0.05) is 0 Å². The third-order valence-corrected chi connectivity index (χ3v) is 2.24. The Hall–Kier alpha value is -1.60. The lowest BCUT2D eigenvalue weighted by Crippen LogP contribution is -2.16. The highest BCUT2D eigenvalue weighted by molar-refractivity contribution is 5.36. The van der Waals surface area contributed by atoms with Crippen LogP contribution in [-0.2, 0) is 4.74 Å². The smallest absolute Gasteiger partial charge is 0.166 e. The molecular formula is C11H10FNO2. The number of nitrogens with zero attached hydrogens (tertiary/aromatic N) is 1. The summed E-state index contributed by atoms with van der Waals surface area (Å²) in [6, 6.07) is 6.05. The van der Waals surface area contributed by atoms with Crippen molar-refractivity contribution in [1.82, 2.24) is 0 Å². The highest BCUT2D eigenvalue weighted by Crippen LogP contribution is 2.21. The second kappa shape index (κ2) is 4.28. The molecule has 0 bridgehead atoms. The van der Waals surface area contributed by atoms with Crippen LogP contribution in [-0.4, -0.2) is 19.3 Å². The Labute approximate surface area is 87.0 Å². The molecule has 78 valence electrons. The molecule has 0 spiro atoms. The van der Waals surface area contributed by atoms with Gasteiger partial charge in [0, 0.05) is 6.42 Å². The molecule has 4 heteroatoms. The van der Waals surface area contributed by atoms with Crippen LogP contribution in [0.3, 0.4) is 0 Å². The molecule has 0 aliphatic carbocycles. The van der Waals surface area contributed by atoms with Crippen molar-refractivity contribution in [1.29, 1.82) is 5.26 Å².